The fraction of sp³-hybridized carbons (Fsp3) is 0.538. The van der Waals surface area contributed by atoms with Gasteiger partial charge in [0.2, 0.25) is 0 Å². The van der Waals surface area contributed by atoms with Gasteiger partial charge in [0.1, 0.15) is 11.3 Å². The van der Waals surface area contributed by atoms with Crippen LogP contribution >= 0.6 is 11.8 Å². The summed E-state index contributed by atoms with van der Waals surface area (Å²) in [6.07, 6.45) is 3.84. The Hall–Kier alpha value is -1.23. The summed E-state index contributed by atoms with van der Waals surface area (Å²) >= 11 is 1.34. The van der Waals surface area contributed by atoms with Gasteiger partial charge >= 0.3 is 5.97 Å². The molecule has 1 saturated carbocycles. The summed E-state index contributed by atoms with van der Waals surface area (Å²) < 4.78 is 10.7. The highest BCUT2D eigenvalue weighted by Crippen LogP contribution is 2.46. The van der Waals surface area contributed by atoms with E-state index in [-0.39, 0.29) is 11.7 Å². The number of ketones is 1. The van der Waals surface area contributed by atoms with Crippen LogP contribution in [-0.4, -0.2) is 24.6 Å². The molecular formula is C13H16O4S. The monoisotopic (exact) mass is 268 g/mol. The van der Waals surface area contributed by atoms with Gasteiger partial charge in [-0.2, -0.15) is 0 Å². The Morgan fingerprint density at radius 1 is 1.39 bits per heavy atom. The lowest BCUT2D eigenvalue weighted by atomic mass is 10.1. The van der Waals surface area contributed by atoms with Gasteiger partial charge in [-0.1, -0.05) is 11.8 Å². The SMILES string of the molecule is CCOC(=O)c1c(C2CC2)oc(SC)c1C(C)=O. The molecule has 98 valence electrons. The highest BCUT2D eigenvalue weighted by molar-refractivity contribution is 7.98. The molecule has 0 unspecified atom stereocenters. The first-order valence-electron chi connectivity index (χ1n) is 5.98. The molecule has 0 aromatic carbocycles. The van der Waals surface area contributed by atoms with Gasteiger partial charge in [-0.05, 0) is 32.9 Å². The molecule has 0 bridgehead atoms. The maximum atomic E-state index is 12.0. The number of rotatable bonds is 5. The van der Waals surface area contributed by atoms with Crippen molar-refractivity contribution in [2.45, 2.75) is 37.7 Å². The van der Waals surface area contributed by atoms with Crippen molar-refractivity contribution in [3.63, 3.8) is 0 Å². The van der Waals surface area contributed by atoms with E-state index in [9.17, 15) is 9.59 Å². The Kier molecular flexibility index (Phi) is 3.80. The van der Waals surface area contributed by atoms with Gasteiger partial charge in [0.25, 0.3) is 0 Å². The first-order chi connectivity index (χ1) is 8.60. The Bertz CT molecular complexity index is 485. The maximum absolute atomic E-state index is 12.0. The topological polar surface area (TPSA) is 56.5 Å². The molecule has 0 amide bonds. The molecule has 0 atom stereocenters. The number of ether oxygens (including phenoxy) is 1. The molecule has 5 heteroatoms. The van der Waals surface area contributed by atoms with Gasteiger partial charge in [0.05, 0.1) is 12.2 Å². The van der Waals surface area contributed by atoms with E-state index in [1.54, 1.807) is 6.92 Å². The van der Waals surface area contributed by atoms with Crippen molar-refractivity contribution in [2.75, 3.05) is 12.9 Å². The number of hydrogen-bond donors (Lipinski definition) is 0. The molecule has 0 aliphatic heterocycles. The van der Waals surface area contributed by atoms with Crippen LogP contribution in [0.3, 0.4) is 0 Å². The molecule has 1 aliphatic rings. The summed E-state index contributed by atoms with van der Waals surface area (Å²) in [5, 5.41) is 0.521. The van der Waals surface area contributed by atoms with Crippen molar-refractivity contribution < 1.29 is 18.7 Å². The van der Waals surface area contributed by atoms with Gasteiger partial charge in [-0.15, -0.1) is 0 Å². The third kappa shape index (κ3) is 2.32. The smallest absolute Gasteiger partial charge is 0.342 e. The number of furan rings is 1. The summed E-state index contributed by atoms with van der Waals surface area (Å²) in [6, 6.07) is 0. The second-order valence-corrected chi connectivity index (χ2v) is 5.04. The maximum Gasteiger partial charge on any atom is 0.342 e. The fourth-order valence-corrected chi connectivity index (χ4v) is 2.55. The molecule has 18 heavy (non-hydrogen) atoms. The van der Waals surface area contributed by atoms with Crippen LogP contribution in [0.5, 0.6) is 0 Å². The molecule has 2 rings (SSSR count). The summed E-state index contributed by atoms with van der Waals surface area (Å²) in [5.41, 5.74) is 0.721. The number of carbonyl (C=O) groups excluding carboxylic acids is 2. The van der Waals surface area contributed by atoms with Crippen LogP contribution in [0, 0.1) is 0 Å². The van der Waals surface area contributed by atoms with E-state index in [0.29, 0.717) is 28.6 Å². The fourth-order valence-electron chi connectivity index (χ4n) is 1.93. The predicted molar refractivity (Wildman–Crippen MR) is 68.4 cm³/mol. The van der Waals surface area contributed by atoms with Crippen LogP contribution in [0.25, 0.3) is 0 Å². The van der Waals surface area contributed by atoms with Crippen molar-refractivity contribution in [3.8, 4) is 0 Å². The van der Waals surface area contributed by atoms with Gasteiger partial charge in [0, 0.05) is 5.92 Å². The number of carbonyl (C=O) groups is 2. The minimum absolute atomic E-state index is 0.155. The Morgan fingerprint density at radius 2 is 2.06 bits per heavy atom. The minimum atomic E-state index is -0.450. The van der Waals surface area contributed by atoms with Crippen molar-refractivity contribution in [3.05, 3.63) is 16.9 Å². The largest absolute Gasteiger partial charge is 0.462 e. The molecule has 4 nitrogen and oxygen atoms in total. The van der Waals surface area contributed by atoms with E-state index in [1.807, 2.05) is 6.26 Å². The normalized spacial score (nSPS) is 14.6. The van der Waals surface area contributed by atoms with Crippen LogP contribution in [0.2, 0.25) is 0 Å². The van der Waals surface area contributed by atoms with Crippen LogP contribution in [0.1, 0.15) is 59.1 Å². The van der Waals surface area contributed by atoms with Crippen LogP contribution in [-0.2, 0) is 4.74 Å². The summed E-state index contributed by atoms with van der Waals surface area (Å²) in [6.45, 7) is 3.49. The number of hydrogen-bond acceptors (Lipinski definition) is 5. The molecule has 1 heterocycles. The Balaban J connectivity index is 2.53. The average molecular weight is 268 g/mol. The molecule has 0 saturated heterocycles. The van der Waals surface area contributed by atoms with E-state index in [4.69, 9.17) is 9.15 Å². The standard InChI is InChI=1S/C13H16O4S/c1-4-16-12(15)10-9(7(2)14)13(18-3)17-11(10)8-5-6-8/h8H,4-6H2,1-3H3. The van der Waals surface area contributed by atoms with Crippen molar-refractivity contribution in [2.24, 2.45) is 0 Å². The van der Waals surface area contributed by atoms with E-state index >= 15 is 0 Å². The van der Waals surface area contributed by atoms with E-state index in [2.05, 4.69) is 0 Å². The molecule has 1 aliphatic carbocycles. The summed E-state index contributed by atoms with van der Waals surface area (Å²) in [4.78, 5) is 23.7. The van der Waals surface area contributed by atoms with Crippen molar-refractivity contribution in [1.29, 1.82) is 0 Å². The van der Waals surface area contributed by atoms with E-state index in [1.165, 1.54) is 18.7 Å². The van der Waals surface area contributed by atoms with Crippen LogP contribution in [0.15, 0.2) is 9.51 Å². The second kappa shape index (κ2) is 5.18. The summed E-state index contributed by atoms with van der Waals surface area (Å²) in [5.74, 6) is 0.290. The third-order valence-corrected chi connectivity index (χ3v) is 3.53. The molecule has 0 N–H and O–H groups in total. The zero-order chi connectivity index (χ0) is 13.3. The summed E-state index contributed by atoms with van der Waals surface area (Å²) in [7, 11) is 0. The molecule has 1 aromatic heterocycles. The third-order valence-electron chi connectivity index (χ3n) is 2.87. The average Bonchev–Trinajstić information content (AvgIpc) is 3.08. The number of esters is 1. The predicted octanol–water partition coefficient (Wildman–Crippen LogP) is 3.26. The second-order valence-electron chi connectivity index (χ2n) is 4.26. The van der Waals surface area contributed by atoms with Gasteiger partial charge in [-0.25, -0.2) is 4.79 Å². The van der Waals surface area contributed by atoms with Gasteiger partial charge in [-0.3, -0.25) is 4.79 Å². The zero-order valence-corrected chi connectivity index (χ0v) is 11.6. The van der Waals surface area contributed by atoms with Gasteiger partial charge in [0.15, 0.2) is 10.9 Å². The van der Waals surface area contributed by atoms with Gasteiger partial charge < -0.3 is 9.15 Å². The Morgan fingerprint density at radius 3 is 2.50 bits per heavy atom. The van der Waals surface area contributed by atoms with E-state index in [0.717, 1.165) is 12.8 Å². The van der Waals surface area contributed by atoms with Crippen molar-refractivity contribution in [1.82, 2.24) is 0 Å². The Labute approximate surface area is 110 Å². The lowest BCUT2D eigenvalue weighted by Gasteiger charge is -2.03. The number of thioether (sulfide) groups is 1. The molecular weight excluding hydrogens is 252 g/mol. The highest BCUT2D eigenvalue weighted by atomic mass is 32.2. The lowest BCUT2D eigenvalue weighted by molar-refractivity contribution is 0.0521. The van der Waals surface area contributed by atoms with Crippen molar-refractivity contribution >= 4 is 23.5 Å². The highest BCUT2D eigenvalue weighted by Gasteiger charge is 2.37. The van der Waals surface area contributed by atoms with Crippen LogP contribution < -0.4 is 0 Å². The lowest BCUT2D eigenvalue weighted by Crippen LogP contribution is -2.10. The first kappa shape index (κ1) is 13.2. The van der Waals surface area contributed by atoms with E-state index < -0.39 is 5.97 Å². The molecule has 0 radical (unpaired) electrons. The molecule has 1 aromatic rings. The number of Topliss-reactive ketones (excluding diaryl/α,β-unsaturated/α-hetero) is 1. The quantitative estimate of drug-likeness (QED) is 0.466. The minimum Gasteiger partial charge on any atom is -0.462 e. The van der Waals surface area contributed by atoms with Crippen LogP contribution in [0.4, 0.5) is 0 Å². The zero-order valence-electron chi connectivity index (χ0n) is 10.7. The molecule has 0 spiro atoms. The first-order valence-corrected chi connectivity index (χ1v) is 7.21. The molecule has 1 fully saturated rings.